The lowest BCUT2D eigenvalue weighted by atomic mass is 9.95. The van der Waals surface area contributed by atoms with Gasteiger partial charge in [0.25, 0.3) is 0 Å². The largest absolute Gasteiger partial charge is 0.357 e. The van der Waals surface area contributed by atoms with Crippen LogP contribution in [0.5, 0.6) is 0 Å². The maximum absolute atomic E-state index is 12.7. The number of nitrogens with zero attached hydrogens (tertiary/aromatic N) is 3. The average Bonchev–Trinajstić information content (AvgIpc) is 3.44. The van der Waals surface area contributed by atoms with E-state index in [0.717, 1.165) is 43.9 Å². The highest BCUT2D eigenvalue weighted by molar-refractivity contribution is 5.92. The molecule has 2 aromatic carbocycles. The van der Waals surface area contributed by atoms with Gasteiger partial charge in [-0.1, -0.05) is 18.2 Å². The van der Waals surface area contributed by atoms with Crippen LogP contribution in [0.1, 0.15) is 18.5 Å². The summed E-state index contributed by atoms with van der Waals surface area (Å²) in [6.07, 6.45) is 5.42. The quantitative estimate of drug-likeness (QED) is 0.528. The summed E-state index contributed by atoms with van der Waals surface area (Å²) in [6, 6.07) is 20.3. The minimum Gasteiger partial charge on any atom is -0.357 e. The van der Waals surface area contributed by atoms with Gasteiger partial charge < -0.3 is 10.3 Å². The summed E-state index contributed by atoms with van der Waals surface area (Å²) < 4.78 is 1.80. The molecule has 6 heteroatoms. The van der Waals surface area contributed by atoms with Crippen LogP contribution in [0.4, 0.5) is 5.69 Å². The first kappa shape index (κ1) is 18.6. The highest BCUT2D eigenvalue weighted by Crippen LogP contribution is 2.23. The predicted octanol–water partition coefficient (Wildman–Crippen LogP) is 4.20. The molecule has 1 aliphatic heterocycles. The molecule has 152 valence electrons. The second kappa shape index (κ2) is 8.16. The van der Waals surface area contributed by atoms with Crippen LogP contribution in [0.3, 0.4) is 0 Å². The maximum Gasteiger partial charge on any atom is 0.227 e. The van der Waals surface area contributed by atoms with E-state index in [1.807, 2.05) is 36.5 Å². The Kier molecular flexibility index (Phi) is 5.07. The smallest absolute Gasteiger partial charge is 0.227 e. The molecule has 1 saturated heterocycles. The molecule has 0 radical (unpaired) electrons. The maximum atomic E-state index is 12.7. The summed E-state index contributed by atoms with van der Waals surface area (Å²) in [5.41, 5.74) is 4.22. The molecule has 30 heavy (non-hydrogen) atoms. The molecule has 1 aliphatic rings. The number of rotatable bonds is 5. The van der Waals surface area contributed by atoms with Gasteiger partial charge >= 0.3 is 0 Å². The number of hydrogen-bond acceptors (Lipinski definition) is 3. The number of aromatic nitrogens is 3. The summed E-state index contributed by atoms with van der Waals surface area (Å²) in [4.78, 5) is 18.6. The third-order valence-electron chi connectivity index (χ3n) is 5.84. The molecule has 1 fully saturated rings. The van der Waals surface area contributed by atoms with Crippen molar-refractivity contribution >= 4 is 22.5 Å². The Morgan fingerprint density at radius 2 is 1.87 bits per heavy atom. The molecular formula is C24H25N5O. The van der Waals surface area contributed by atoms with Crippen LogP contribution in [0.2, 0.25) is 0 Å². The Labute approximate surface area is 175 Å². The molecule has 0 bridgehead atoms. The van der Waals surface area contributed by atoms with Crippen LogP contribution < -0.4 is 5.32 Å². The molecule has 4 aromatic rings. The van der Waals surface area contributed by atoms with E-state index in [2.05, 4.69) is 50.6 Å². The number of aromatic amines is 1. The number of likely N-dealkylation sites (tertiary alicyclic amines) is 1. The van der Waals surface area contributed by atoms with Gasteiger partial charge in [0.05, 0.1) is 5.69 Å². The van der Waals surface area contributed by atoms with E-state index in [9.17, 15) is 4.79 Å². The van der Waals surface area contributed by atoms with E-state index in [1.54, 1.807) is 10.9 Å². The molecule has 2 N–H and O–H groups in total. The molecule has 0 atom stereocenters. The number of fused-ring (bicyclic) bond motifs is 1. The number of para-hydroxylation sites is 1. The monoisotopic (exact) mass is 399 g/mol. The third-order valence-corrected chi connectivity index (χ3v) is 5.84. The number of hydrogen-bond donors (Lipinski definition) is 2. The molecule has 5 rings (SSSR count). The zero-order valence-electron chi connectivity index (χ0n) is 16.8. The van der Waals surface area contributed by atoms with Gasteiger partial charge in [-0.05, 0) is 73.8 Å². The molecular weight excluding hydrogens is 374 g/mol. The van der Waals surface area contributed by atoms with Gasteiger partial charge in [-0.2, -0.15) is 5.10 Å². The fourth-order valence-electron chi connectivity index (χ4n) is 4.18. The molecule has 3 heterocycles. The number of carbonyl (C=O) groups excluding carboxylic acids is 1. The second-order valence-electron chi connectivity index (χ2n) is 7.92. The van der Waals surface area contributed by atoms with Crippen LogP contribution in [-0.4, -0.2) is 38.7 Å². The Morgan fingerprint density at radius 1 is 1.07 bits per heavy atom. The van der Waals surface area contributed by atoms with Crippen molar-refractivity contribution in [3.05, 3.63) is 78.8 Å². The van der Waals surface area contributed by atoms with Crippen molar-refractivity contribution in [1.29, 1.82) is 0 Å². The van der Waals surface area contributed by atoms with E-state index in [4.69, 9.17) is 0 Å². The van der Waals surface area contributed by atoms with Gasteiger partial charge in [0.15, 0.2) is 0 Å². The summed E-state index contributed by atoms with van der Waals surface area (Å²) in [5.74, 6) is 0.182. The molecule has 0 aliphatic carbocycles. The van der Waals surface area contributed by atoms with E-state index >= 15 is 0 Å². The van der Waals surface area contributed by atoms with Gasteiger partial charge in [-0.3, -0.25) is 9.69 Å². The second-order valence-corrected chi connectivity index (χ2v) is 7.92. The minimum absolute atomic E-state index is 0.0646. The first-order chi connectivity index (χ1) is 14.7. The van der Waals surface area contributed by atoms with Crippen molar-refractivity contribution in [2.45, 2.75) is 19.4 Å². The lowest BCUT2D eigenvalue weighted by Gasteiger charge is -2.30. The van der Waals surface area contributed by atoms with Crippen LogP contribution in [0.15, 0.2) is 73.1 Å². The average molecular weight is 399 g/mol. The van der Waals surface area contributed by atoms with Crippen LogP contribution >= 0.6 is 0 Å². The highest BCUT2D eigenvalue weighted by atomic mass is 16.1. The number of carbonyl (C=O) groups is 1. The van der Waals surface area contributed by atoms with Crippen molar-refractivity contribution in [2.75, 3.05) is 18.4 Å². The zero-order valence-corrected chi connectivity index (χ0v) is 16.8. The van der Waals surface area contributed by atoms with Crippen molar-refractivity contribution in [2.24, 2.45) is 5.92 Å². The number of piperidine rings is 1. The van der Waals surface area contributed by atoms with E-state index in [0.29, 0.717) is 0 Å². The number of H-pyrrole nitrogens is 1. The summed E-state index contributed by atoms with van der Waals surface area (Å²) in [5, 5.41) is 8.55. The molecule has 6 nitrogen and oxygen atoms in total. The van der Waals surface area contributed by atoms with E-state index < -0.39 is 0 Å². The summed E-state index contributed by atoms with van der Waals surface area (Å²) >= 11 is 0. The normalized spacial score (nSPS) is 15.5. The Balaban J connectivity index is 1.14. The molecule has 2 aromatic heterocycles. The fourth-order valence-corrected chi connectivity index (χ4v) is 4.18. The molecule has 1 amide bonds. The summed E-state index contributed by atoms with van der Waals surface area (Å²) in [6.45, 7) is 2.77. The van der Waals surface area contributed by atoms with Crippen molar-refractivity contribution in [3.8, 4) is 5.69 Å². The fraction of sp³-hybridized carbons (Fsp3) is 0.250. The highest BCUT2D eigenvalue weighted by Gasteiger charge is 2.25. The summed E-state index contributed by atoms with van der Waals surface area (Å²) in [7, 11) is 0. The standard InChI is InChI=1S/C24H25N5O/c30-24(27-20-6-8-22(9-7-20)29-13-3-12-25-29)18-10-14-28(15-11-18)17-21-16-19-4-1-2-5-23(19)26-21/h1-9,12-13,16,18,26H,10-11,14-15,17H2,(H,27,30). The SMILES string of the molecule is O=C(Nc1ccc(-n2cccn2)cc1)C1CCN(Cc2cc3ccccc3[nH]2)CC1. The van der Waals surface area contributed by atoms with Crippen LogP contribution in [0.25, 0.3) is 16.6 Å². The van der Waals surface area contributed by atoms with Gasteiger partial charge in [0.2, 0.25) is 5.91 Å². The number of anilines is 1. The molecule has 0 spiro atoms. The van der Waals surface area contributed by atoms with Gasteiger partial charge in [0.1, 0.15) is 0 Å². The van der Waals surface area contributed by atoms with Crippen LogP contribution in [-0.2, 0) is 11.3 Å². The third kappa shape index (κ3) is 4.00. The molecule has 0 unspecified atom stereocenters. The van der Waals surface area contributed by atoms with Gasteiger partial charge in [-0.15, -0.1) is 0 Å². The zero-order chi connectivity index (χ0) is 20.3. The molecule has 0 saturated carbocycles. The number of amides is 1. The van der Waals surface area contributed by atoms with Crippen molar-refractivity contribution in [1.82, 2.24) is 19.7 Å². The lowest BCUT2D eigenvalue weighted by Crippen LogP contribution is -2.37. The van der Waals surface area contributed by atoms with Crippen molar-refractivity contribution in [3.63, 3.8) is 0 Å². The Bertz CT molecular complexity index is 1090. The van der Waals surface area contributed by atoms with E-state index in [-0.39, 0.29) is 11.8 Å². The van der Waals surface area contributed by atoms with Crippen LogP contribution in [0, 0.1) is 5.92 Å². The Hall–Kier alpha value is -3.38. The first-order valence-electron chi connectivity index (χ1n) is 10.4. The first-order valence-corrected chi connectivity index (χ1v) is 10.4. The minimum atomic E-state index is 0.0646. The van der Waals surface area contributed by atoms with E-state index in [1.165, 1.54) is 16.6 Å². The topological polar surface area (TPSA) is 66.0 Å². The predicted molar refractivity (Wildman–Crippen MR) is 118 cm³/mol. The van der Waals surface area contributed by atoms with Crippen molar-refractivity contribution < 1.29 is 4.79 Å². The number of benzene rings is 2. The van der Waals surface area contributed by atoms with Gasteiger partial charge in [0, 0.05) is 41.8 Å². The Morgan fingerprint density at radius 3 is 2.60 bits per heavy atom. The van der Waals surface area contributed by atoms with Gasteiger partial charge in [-0.25, -0.2) is 4.68 Å². The lowest BCUT2D eigenvalue weighted by molar-refractivity contribution is -0.121. The number of nitrogens with one attached hydrogen (secondary N) is 2.